The Morgan fingerprint density at radius 3 is 2.53 bits per heavy atom. The molecule has 2 aliphatic rings. The molecule has 0 bridgehead atoms. The second-order valence-corrected chi connectivity index (χ2v) is 10.3. The van der Waals surface area contributed by atoms with Crippen molar-refractivity contribution in [3.63, 3.8) is 0 Å². The summed E-state index contributed by atoms with van der Waals surface area (Å²) in [5, 5.41) is 18.8. The standard InChI is InChI=1S/C26H30F2N8O2/c1-17-10-35(24(37)26(11-27,12-28)13-30)18(2)9-34(17)22-21-23(33-16-32-22)36(14-25(21,3)15-38-4)20-7-19(8-29)5-6-31-20/h5-7,16-18H,9-12,14-15H2,1-4H3/t17-,18+,25?/m0/s1. The van der Waals surface area contributed by atoms with Crippen LogP contribution in [0.1, 0.15) is 31.9 Å². The van der Waals surface area contributed by atoms with Crippen molar-refractivity contribution in [3.05, 3.63) is 35.8 Å². The van der Waals surface area contributed by atoms with Crippen molar-refractivity contribution < 1.29 is 18.3 Å². The van der Waals surface area contributed by atoms with E-state index in [0.717, 1.165) is 5.56 Å². The number of amides is 1. The Labute approximate surface area is 220 Å². The van der Waals surface area contributed by atoms with Crippen LogP contribution in [0.3, 0.4) is 0 Å². The maximum absolute atomic E-state index is 13.6. The molecule has 4 heterocycles. The molecule has 0 saturated carbocycles. The van der Waals surface area contributed by atoms with Gasteiger partial charge in [-0.2, -0.15) is 10.5 Å². The van der Waals surface area contributed by atoms with Gasteiger partial charge in [-0.3, -0.25) is 4.79 Å². The van der Waals surface area contributed by atoms with Crippen molar-refractivity contribution >= 4 is 23.4 Å². The topological polar surface area (TPSA) is 122 Å². The van der Waals surface area contributed by atoms with Gasteiger partial charge in [0, 0.05) is 56.0 Å². The highest BCUT2D eigenvalue weighted by Crippen LogP contribution is 2.47. The highest BCUT2D eigenvalue weighted by atomic mass is 19.1. The Balaban J connectivity index is 1.73. The normalized spacial score (nSPS) is 23.1. The van der Waals surface area contributed by atoms with E-state index >= 15 is 0 Å². The van der Waals surface area contributed by atoms with Crippen molar-refractivity contribution in [2.24, 2.45) is 5.41 Å². The molecular formula is C26H30F2N8O2. The molecule has 0 radical (unpaired) electrons. The lowest BCUT2D eigenvalue weighted by atomic mass is 9.85. The first-order valence-electron chi connectivity index (χ1n) is 12.3. The van der Waals surface area contributed by atoms with E-state index in [1.807, 2.05) is 18.7 Å². The summed E-state index contributed by atoms with van der Waals surface area (Å²) in [4.78, 5) is 32.2. The van der Waals surface area contributed by atoms with Crippen LogP contribution < -0.4 is 9.80 Å². The third-order valence-electron chi connectivity index (χ3n) is 7.39. The van der Waals surface area contributed by atoms with Crippen molar-refractivity contribution in [2.75, 3.05) is 56.5 Å². The molecule has 0 N–H and O–H groups in total. The summed E-state index contributed by atoms with van der Waals surface area (Å²) in [5.41, 5.74) is -1.53. The third-order valence-corrected chi connectivity index (χ3v) is 7.39. The van der Waals surface area contributed by atoms with E-state index in [4.69, 9.17) is 4.74 Å². The minimum atomic E-state index is -2.32. The number of anilines is 3. The van der Waals surface area contributed by atoms with Crippen LogP contribution in [0.5, 0.6) is 0 Å². The minimum Gasteiger partial charge on any atom is -0.384 e. The first-order valence-corrected chi connectivity index (χ1v) is 12.3. The van der Waals surface area contributed by atoms with Crippen LogP contribution in [0.4, 0.5) is 26.2 Å². The molecule has 1 saturated heterocycles. The van der Waals surface area contributed by atoms with Crippen LogP contribution >= 0.6 is 0 Å². The summed E-state index contributed by atoms with van der Waals surface area (Å²) in [5.74, 6) is 1.06. The molecule has 0 aliphatic carbocycles. The third kappa shape index (κ3) is 4.39. The number of nitriles is 2. The SMILES string of the molecule is COCC1(C)CN(c2cc(C#N)ccn2)c2ncnc(N3C[C@@H](C)N(C(=O)C(C#N)(CF)CF)C[C@@H]3C)c21. The summed E-state index contributed by atoms with van der Waals surface area (Å²) < 4.78 is 32.9. The maximum Gasteiger partial charge on any atom is 0.248 e. The van der Waals surface area contributed by atoms with Gasteiger partial charge >= 0.3 is 0 Å². The Bertz CT molecular complexity index is 1290. The Morgan fingerprint density at radius 2 is 1.89 bits per heavy atom. The molecule has 0 spiro atoms. The zero-order chi connectivity index (χ0) is 27.7. The lowest BCUT2D eigenvalue weighted by Crippen LogP contribution is -2.62. The molecule has 1 amide bonds. The Hall–Kier alpha value is -3.90. The summed E-state index contributed by atoms with van der Waals surface area (Å²) in [6.45, 7) is 4.33. The number of halogens is 2. The fourth-order valence-corrected chi connectivity index (χ4v) is 5.33. The lowest BCUT2D eigenvalue weighted by Gasteiger charge is -2.47. The number of carbonyl (C=O) groups excluding carboxylic acids is 1. The molecule has 0 aromatic carbocycles. The van der Waals surface area contributed by atoms with Gasteiger partial charge in [-0.05, 0) is 26.0 Å². The maximum atomic E-state index is 13.6. The summed E-state index contributed by atoms with van der Waals surface area (Å²) in [6, 6.07) is 6.33. The second kappa shape index (κ2) is 10.5. The average molecular weight is 525 g/mol. The molecule has 4 rings (SSSR count). The number of hydrogen-bond acceptors (Lipinski definition) is 9. The number of carbonyl (C=O) groups is 1. The molecule has 1 unspecified atom stereocenters. The number of aromatic nitrogens is 3. The molecule has 3 atom stereocenters. The van der Waals surface area contributed by atoms with E-state index in [0.29, 0.717) is 42.7 Å². The molecular weight excluding hydrogens is 494 g/mol. The van der Waals surface area contributed by atoms with Crippen molar-refractivity contribution in [1.82, 2.24) is 19.9 Å². The molecule has 200 valence electrons. The molecule has 2 aliphatic heterocycles. The summed E-state index contributed by atoms with van der Waals surface area (Å²) in [6.07, 6.45) is 3.05. The van der Waals surface area contributed by atoms with E-state index in [2.05, 4.69) is 25.9 Å². The summed E-state index contributed by atoms with van der Waals surface area (Å²) in [7, 11) is 1.62. The molecule has 1 fully saturated rings. The first-order chi connectivity index (χ1) is 18.2. The van der Waals surface area contributed by atoms with Crippen LogP contribution in [-0.2, 0) is 14.9 Å². The van der Waals surface area contributed by atoms with E-state index in [1.54, 1.807) is 38.4 Å². The van der Waals surface area contributed by atoms with E-state index in [-0.39, 0.29) is 12.6 Å². The Kier molecular flexibility index (Phi) is 7.47. The highest BCUT2D eigenvalue weighted by Gasteiger charge is 2.49. The lowest BCUT2D eigenvalue weighted by molar-refractivity contribution is -0.143. The van der Waals surface area contributed by atoms with Gasteiger partial charge < -0.3 is 19.4 Å². The monoisotopic (exact) mass is 524 g/mol. The van der Waals surface area contributed by atoms with Gasteiger partial charge in [-0.15, -0.1) is 0 Å². The van der Waals surface area contributed by atoms with Gasteiger partial charge in [0.1, 0.15) is 37.1 Å². The van der Waals surface area contributed by atoms with Crippen LogP contribution in [0.2, 0.25) is 0 Å². The molecule has 10 nitrogen and oxygen atoms in total. The number of pyridine rings is 1. The van der Waals surface area contributed by atoms with Crippen LogP contribution in [0, 0.1) is 28.1 Å². The number of alkyl halides is 2. The van der Waals surface area contributed by atoms with Gasteiger partial charge in [0.25, 0.3) is 0 Å². The molecule has 2 aromatic rings. The second-order valence-electron chi connectivity index (χ2n) is 10.3. The van der Waals surface area contributed by atoms with Gasteiger partial charge in [0.2, 0.25) is 5.91 Å². The predicted octanol–water partition coefficient (Wildman–Crippen LogP) is 2.67. The van der Waals surface area contributed by atoms with Crippen LogP contribution in [0.25, 0.3) is 0 Å². The van der Waals surface area contributed by atoms with Crippen molar-refractivity contribution in [3.8, 4) is 12.1 Å². The van der Waals surface area contributed by atoms with E-state index in [1.165, 1.54) is 11.2 Å². The Morgan fingerprint density at radius 1 is 1.18 bits per heavy atom. The first kappa shape index (κ1) is 27.1. The van der Waals surface area contributed by atoms with Crippen molar-refractivity contribution in [2.45, 2.75) is 38.3 Å². The fraction of sp³-hybridized carbons (Fsp3) is 0.538. The minimum absolute atomic E-state index is 0.165. The van der Waals surface area contributed by atoms with Gasteiger partial charge in [-0.25, -0.2) is 23.7 Å². The number of piperazine rings is 1. The highest BCUT2D eigenvalue weighted by molar-refractivity contribution is 5.86. The quantitative estimate of drug-likeness (QED) is 0.538. The van der Waals surface area contributed by atoms with Gasteiger partial charge in [-0.1, -0.05) is 6.92 Å². The van der Waals surface area contributed by atoms with Crippen LogP contribution in [0.15, 0.2) is 24.7 Å². The largest absolute Gasteiger partial charge is 0.384 e. The predicted molar refractivity (Wildman–Crippen MR) is 135 cm³/mol. The fourth-order valence-electron chi connectivity index (χ4n) is 5.33. The van der Waals surface area contributed by atoms with E-state index in [9.17, 15) is 24.1 Å². The average Bonchev–Trinajstić information content (AvgIpc) is 3.23. The summed E-state index contributed by atoms with van der Waals surface area (Å²) >= 11 is 0. The molecule has 2 aromatic heterocycles. The van der Waals surface area contributed by atoms with Gasteiger partial charge in [0.05, 0.1) is 24.3 Å². The van der Waals surface area contributed by atoms with Crippen molar-refractivity contribution in [1.29, 1.82) is 10.5 Å². The van der Waals surface area contributed by atoms with Gasteiger partial charge in [0.15, 0.2) is 5.41 Å². The number of fused-ring (bicyclic) bond motifs is 1. The molecule has 38 heavy (non-hydrogen) atoms. The molecule has 12 heteroatoms. The van der Waals surface area contributed by atoms with Crippen LogP contribution in [-0.4, -0.2) is 84.5 Å². The number of rotatable bonds is 7. The zero-order valence-electron chi connectivity index (χ0n) is 21.9. The number of nitrogens with zero attached hydrogens (tertiary/aromatic N) is 8. The number of hydrogen-bond donors (Lipinski definition) is 0. The smallest absolute Gasteiger partial charge is 0.248 e. The number of methoxy groups -OCH3 is 1. The van der Waals surface area contributed by atoms with E-state index < -0.39 is 36.1 Å². The number of ether oxygens (including phenoxy) is 1. The zero-order valence-corrected chi connectivity index (χ0v) is 21.9.